The van der Waals surface area contributed by atoms with Gasteiger partial charge in [-0.2, -0.15) is 0 Å². The summed E-state index contributed by atoms with van der Waals surface area (Å²) in [6.45, 7) is 0.335. The summed E-state index contributed by atoms with van der Waals surface area (Å²) in [4.78, 5) is 13.8. The van der Waals surface area contributed by atoms with E-state index in [2.05, 4.69) is 22.6 Å². The second-order valence-electron chi connectivity index (χ2n) is 4.26. The van der Waals surface area contributed by atoms with Crippen molar-refractivity contribution in [2.75, 3.05) is 34.4 Å². The maximum atomic E-state index is 12.4. The summed E-state index contributed by atoms with van der Waals surface area (Å²) in [5, 5.41) is 10.1. The van der Waals surface area contributed by atoms with Gasteiger partial charge in [-0.15, -0.1) is 0 Å². The number of carbonyl (C=O) groups excluding carboxylic acids is 1. The summed E-state index contributed by atoms with van der Waals surface area (Å²) < 4.78 is 10.8. The highest BCUT2D eigenvalue weighted by molar-refractivity contribution is 14.1. The zero-order valence-corrected chi connectivity index (χ0v) is 14.4. The lowest BCUT2D eigenvalue weighted by Crippen LogP contribution is -2.36. The highest BCUT2D eigenvalue weighted by atomic mass is 127. The summed E-state index contributed by atoms with van der Waals surface area (Å²) in [5.74, 6) is 0.187. The standard InChI is InChI=1S/C13H17ClINO4/c1-16(6-8(17)7-19-2)13(18)9-4-10(14)11(15)5-12(9)20-3/h4-5,8,17H,6-7H2,1-3H3. The molecule has 1 amide bonds. The molecule has 0 saturated heterocycles. The molecule has 0 aliphatic heterocycles. The molecule has 1 unspecified atom stereocenters. The Morgan fingerprint density at radius 2 is 2.15 bits per heavy atom. The number of halogens is 2. The zero-order chi connectivity index (χ0) is 15.3. The van der Waals surface area contributed by atoms with Crippen molar-refractivity contribution >= 4 is 40.1 Å². The van der Waals surface area contributed by atoms with Crippen LogP contribution in [0.1, 0.15) is 10.4 Å². The number of benzene rings is 1. The molecule has 0 aliphatic carbocycles. The van der Waals surface area contributed by atoms with Gasteiger partial charge in [-0.3, -0.25) is 4.79 Å². The van der Waals surface area contributed by atoms with E-state index in [4.69, 9.17) is 21.1 Å². The lowest BCUT2D eigenvalue weighted by Gasteiger charge is -2.21. The molecule has 1 N–H and O–H groups in total. The number of aliphatic hydroxyl groups is 1. The molecular weight excluding hydrogens is 397 g/mol. The molecule has 0 saturated carbocycles. The van der Waals surface area contributed by atoms with Crippen molar-refractivity contribution in [3.8, 4) is 5.75 Å². The van der Waals surface area contributed by atoms with Crippen LogP contribution in [-0.2, 0) is 4.74 Å². The van der Waals surface area contributed by atoms with E-state index in [0.29, 0.717) is 16.3 Å². The van der Waals surface area contributed by atoms with Crippen LogP contribution in [-0.4, -0.2) is 56.4 Å². The van der Waals surface area contributed by atoms with Crippen molar-refractivity contribution in [2.24, 2.45) is 0 Å². The normalized spacial score (nSPS) is 12.1. The van der Waals surface area contributed by atoms with Crippen LogP contribution >= 0.6 is 34.2 Å². The molecule has 0 radical (unpaired) electrons. The number of rotatable bonds is 6. The summed E-state index contributed by atoms with van der Waals surface area (Å²) >= 11 is 8.11. The van der Waals surface area contributed by atoms with Gasteiger partial charge in [0.15, 0.2) is 0 Å². The average molecular weight is 414 g/mol. The molecule has 0 aliphatic rings. The summed E-state index contributed by atoms with van der Waals surface area (Å²) in [6.07, 6.45) is -0.737. The molecule has 1 atom stereocenters. The van der Waals surface area contributed by atoms with E-state index in [1.165, 1.54) is 19.1 Å². The number of carbonyl (C=O) groups is 1. The van der Waals surface area contributed by atoms with Gasteiger partial charge < -0.3 is 19.5 Å². The Bertz CT molecular complexity index is 484. The number of likely N-dealkylation sites (N-methyl/N-ethyl adjacent to an activating group) is 1. The first kappa shape index (κ1) is 17.5. The third kappa shape index (κ3) is 4.47. The van der Waals surface area contributed by atoms with Gasteiger partial charge in [0, 0.05) is 24.3 Å². The molecule has 20 heavy (non-hydrogen) atoms. The highest BCUT2D eigenvalue weighted by Crippen LogP contribution is 2.29. The molecule has 1 aromatic rings. The molecule has 0 fully saturated rings. The molecule has 5 nitrogen and oxygen atoms in total. The Kier molecular flexibility index (Phi) is 7.01. The molecule has 0 bridgehead atoms. The second-order valence-corrected chi connectivity index (χ2v) is 5.83. The van der Waals surface area contributed by atoms with Crippen molar-refractivity contribution in [1.82, 2.24) is 4.90 Å². The van der Waals surface area contributed by atoms with Crippen LogP contribution in [0.2, 0.25) is 5.02 Å². The smallest absolute Gasteiger partial charge is 0.257 e. The van der Waals surface area contributed by atoms with Crippen molar-refractivity contribution in [1.29, 1.82) is 0 Å². The van der Waals surface area contributed by atoms with E-state index in [-0.39, 0.29) is 19.1 Å². The van der Waals surface area contributed by atoms with Gasteiger partial charge in [0.2, 0.25) is 0 Å². The molecule has 112 valence electrons. The predicted molar refractivity (Wildman–Crippen MR) is 85.6 cm³/mol. The van der Waals surface area contributed by atoms with Crippen LogP contribution in [0.4, 0.5) is 0 Å². The first-order valence-corrected chi connectivity index (χ1v) is 7.31. The lowest BCUT2D eigenvalue weighted by atomic mass is 10.1. The van der Waals surface area contributed by atoms with Crippen molar-refractivity contribution < 1.29 is 19.4 Å². The fraction of sp³-hybridized carbons (Fsp3) is 0.462. The summed E-state index contributed by atoms with van der Waals surface area (Å²) in [5.41, 5.74) is 0.366. The Morgan fingerprint density at radius 3 is 2.70 bits per heavy atom. The molecule has 7 heteroatoms. The quantitative estimate of drug-likeness (QED) is 0.725. The van der Waals surface area contributed by atoms with Crippen LogP contribution in [0.3, 0.4) is 0 Å². The van der Waals surface area contributed by atoms with Crippen LogP contribution in [0.15, 0.2) is 12.1 Å². The van der Waals surface area contributed by atoms with E-state index in [9.17, 15) is 9.90 Å². The number of hydrogen-bond acceptors (Lipinski definition) is 4. The van der Waals surface area contributed by atoms with E-state index in [1.807, 2.05) is 0 Å². The second kappa shape index (κ2) is 8.02. The minimum Gasteiger partial charge on any atom is -0.496 e. The van der Waals surface area contributed by atoms with Gasteiger partial charge in [0.25, 0.3) is 5.91 Å². The van der Waals surface area contributed by atoms with Crippen molar-refractivity contribution in [3.05, 3.63) is 26.3 Å². The van der Waals surface area contributed by atoms with E-state index >= 15 is 0 Å². The van der Waals surface area contributed by atoms with Crippen LogP contribution in [0, 0.1) is 3.57 Å². The molecular formula is C13H17ClINO4. The Labute approximate surface area is 136 Å². The molecule has 1 aromatic carbocycles. The fourth-order valence-corrected chi connectivity index (χ4v) is 2.32. The minimum atomic E-state index is -0.737. The topological polar surface area (TPSA) is 59.0 Å². The number of nitrogens with zero attached hydrogens (tertiary/aromatic N) is 1. The number of amides is 1. The number of hydrogen-bond donors (Lipinski definition) is 1. The van der Waals surface area contributed by atoms with Gasteiger partial charge in [-0.25, -0.2) is 0 Å². The number of aliphatic hydroxyl groups excluding tert-OH is 1. The van der Waals surface area contributed by atoms with Crippen molar-refractivity contribution in [3.63, 3.8) is 0 Å². The van der Waals surface area contributed by atoms with Crippen LogP contribution in [0.25, 0.3) is 0 Å². The third-order valence-corrected chi connectivity index (χ3v) is 4.19. The summed E-state index contributed by atoms with van der Waals surface area (Å²) in [6, 6.07) is 3.28. The SMILES string of the molecule is COCC(O)CN(C)C(=O)c1cc(Cl)c(I)cc1OC. The van der Waals surface area contributed by atoms with Gasteiger partial charge in [0.05, 0.1) is 30.4 Å². The van der Waals surface area contributed by atoms with Gasteiger partial charge in [0.1, 0.15) is 5.75 Å². The first-order valence-electron chi connectivity index (χ1n) is 5.86. The van der Waals surface area contributed by atoms with Gasteiger partial charge in [-0.05, 0) is 34.7 Å². The maximum absolute atomic E-state index is 12.4. The first-order chi connectivity index (χ1) is 9.40. The van der Waals surface area contributed by atoms with Gasteiger partial charge >= 0.3 is 0 Å². The molecule has 0 spiro atoms. The molecule has 1 rings (SSSR count). The largest absolute Gasteiger partial charge is 0.496 e. The lowest BCUT2D eigenvalue weighted by molar-refractivity contribution is 0.0379. The highest BCUT2D eigenvalue weighted by Gasteiger charge is 2.20. The maximum Gasteiger partial charge on any atom is 0.257 e. The van der Waals surface area contributed by atoms with Gasteiger partial charge in [-0.1, -0.05) is 11.6 Å². The Balaban J connectivity index is 2.93. The van der Waals surface area contributed by atoms with Crippen LogP contribution < -0.4 is 4.74 Å². The zero-order valence-electron chi connectivity index (χ0n) is 11.5. The van der Waals surface area contributed by atoms with E-state index in [1.54, 1.807) is 19.2 Å². The van der Waals surface area contributed by atoms with Crippen molar-refractivity contribution in [2.45, 2.75) is 6.10 Å². The number of ether oxygens (including phenoxy) is 2. The summed E-state index contributed by atoms with van der Waals surface area (Å²) in [7, 11) is 4.59. The molecule has 0 heterocycles. The Morgan fingerprint density at radius 1 is 1.50 bits per heavy atom. The Hall–Kier alpha value is -0.570. The predicted octanol–water partition coefficient (Wildman–Crippen LogP) is 2.03. The van der Waals surface area contributed by atoms with Crippen LogP contribution in [0.5, 0.6) is 5.75 Å². The van der Waals surface area contributed by atoms with E-state index in [0.717, 1.165) is 3.57 Å². The average Bonchev–Trinajstić information content (AvgIpc) is 2.40. The molecule has 0 aromatic heterocycles. The van der Waals surface area contributed by atoms with E-state index < -0.39 is 6.10 Å². The minimum absolute atomic E-state index is 0.166. The third-order valence-electron chi connectivity index (χ3n) is 2.66. The monoisotopic (exact) mass is 413 g/mol. The fourth-order valence-electron chi connectivity index (χ4n) is 1.71. The number of methoxy groups -OCH3 is 2.